The van der Waals surface area contributed by atoms with Gasteiger partial charge in [0.25, 0.3) is 0 Å². The van der Waals surface area contributed by atoms with Crippen LogP contribution in [0.4, 0.5) is 0 Å². The zero-order valence-corrected chi connectivity index (χ0v) is 12.5. The van der Waals surface area contributed by atoms with Crippen molar-refractivity contribution in [2.75, 3.05) is 0 Å². The third-order valence-electron chi connectivity index (χ3n) is 2.42. The summed E-state index contributed by atoms with van der Waals surface area (Å²) >= 11 is 2.28. The molecule has 0 aliphatic heterocycles. The monoisotopic (exact) mass is 333 g/mol. The van der Waals surface area contributed by atoms with Gasteiger partial charge in [-0.15, -0.1) is 0 Å². The largest absolute Gasteiger partial charge is 0.487 e. The molecule has 0 saturated carbocycles. The minimum atomic E-state index is 0.0102. The maximum absolute atomic E-state index is 6.04. The van der Waals surface area contributed by atoms with E-state index in [-0.39, 0.29) is 17.6 Å². The first-order chi connectivity index (χ1) is 7.32. The normalized spacial score (nSPS) is 15.6. The van der Waals surface area contributed by atoms with Crippen molar-refractivity contribution >= 4 is 22.6 Å². The first-order valence-corrected chi connectivity index (χ1v) is 6.57. The van der Waals surface area contributed by atoms with Crippen molar-refractivity contribution in [3.63, 3.8) is 0 Å². The molecule has 0 fully saturated rings. The van der Waals surface area contributed by atoms with E-state index in [1.165, 1.54) is 0 Å². The van der Waals surface area contributed by atoms with Gasteiger partial charge in [0.05, 0.1) is 3.57 Å². The van der Waals surface area contributed by atoms with Gasteiger partial charge in [-0.3, -0.25) is 0 Å². The number of hydrogen-bond acceptors (Lipinski definition) is 2. The summed E-state index contributed by atoms with van der Waals surface area (Å²) in [6, 6.07) is 8.03. The van der Waals surface area contributed by atoms with Crippen LogP contribution in [0.5, 0.6) is 5.75 Å². The van der Waals surface area contributed by atoms with E-state index in [2.05, 4.69) is 43.4 Å². The summed E-state index contributed by atoms with van der Waals surface area (Å²) in [5.41, 5.74) is 6.03. The van der Waals surface area contributed by atoms with Crippen molar-refractivity contribution < 1.29 is 4.74 Å². The van der Waals surface area contributed by atoms with Crippen LogP contribution in [0.15, 0.2) is 24.3 Å². The lowest BCUT2D eigenvalue weighted by atomic mass is 9.85. The average molecular weight is 333 g/mol. The predicted octanol–water partition coefficient (Wildman–Crippen LogP) is 3.43. The summed E-state index contributed by atoms with van der Waals surface area (Å²) in [5, 5.41) is 0. The standard InChI is InChI=1S/C13H20INO/c1-9(15)12(13(2,3)4)16-11-8-6-5-7-10(11)14/h5-9,12H,15H2,1-4H3. The first kappa shape index (κ1) is 13.8. The van der Waals surface area contributed by atoms with Gasteiger partial charge in [-0.1, -0.05) is 32.9 Å². The van der Waals surface area contributed by atoms with E-state index in [0.29, 0.717) is 0 Å². The Bertz CT molecular complexity index is 344. The number of para-hydroxylation sites is 1. The molecule has 2 unspecified atom stereocenters. The van der Waals surface area contributed by atoms with E-state index in [4.69, 9.17) is 10.5 Å². The summed E-state index contributed by atoms with van der Waals surface area (Å²) in [5.74, 6) is 0.917. The average Bonchev–Trinajstić information content (AvgIpc) is 2.14. The van der Waals surface area contributed by atoms with E-state index < -0.39 is 0 Å². The molecule has 0 saturated heterocycles. The second-order valence-corrected chi connectivity index (χ2v) is 6.36. The summed E-state index contributed by atoms with van der Waals surface area (Å²) in [6.45, 7) is 8.44. The molecule has 0 aliphatic rings. The Kier molecular flexibility index (Phi) is 4.62. The summed E-state index contributed by atoms with van der Waals surface area (Å²) in [7, 11) is 0. The van der Waals surface area contributed by atoms with Crippen molar-refractivity contribution in [3.8, 4) is 5.75 Å². The van der Waals surface area contributed by atoms with Crippen LogP contribution in [0.3, 0.4) is 0 Å². The highest BCUT2D eigenvalue weighted by Crippen LogP contribution is 2.29. The van der Waals surface area contributed by atoms with Crippen molar-refractivity contribution in [1.29, 1.82) is 0 Å². The fraction of sp³-hybridized carbons (Fsp3) is 0.538. The molecule has 2 atom stereocenters. The molecule has 1 aromatic carbocycles. The van der Waals surface area contributed by atoms with Gasteiger partial charge in [0.15, 0.2) is 0 Å². The molecule has 0 heterocycles. The van der Waals surface area contributed by atoms with Crippen LogP contribution in [0.25, 0.3) is 0 Å². The Morgan fingerprint density at radius 1 is 1.25 bits per heavy atom. The third kappa shape index (κ3) is 3.63. The Hall–Kier alpha value is -0.290. The minimum absolute atomic E-state index is 0.0102. The maximum Gasteiger partial charge on any atom is 0.133 e. The van der Waals surface area contributed by atoms with Gasteiger partial charge >= 0.3 is 0 Å². The van der Waals surface area contributed by atoms with E-state index in [9.17, 15) is 0 Å². The molecular weight excluding hydrogens is 313 g/mol. The van der Waals surface area contributed by atoms with Crippen molar-refractivity contribution in [3.05, 3.63) is 27.8 Å². The second-order valence-electron chi connectivity index (χ2n) is 5.19. The second kappa shape index (κ2) is 5.36. The first-order valence-electron chi connectivity index (χ1n) is 5.49. The zero-order valence-electron chi connectivity index (χ0n) is 10.3. The Morgan fingerprint density at radius 2 is 1.81 bits per heavy atom. The molecule has 0 aromatic heterocycles. The van der Waals surface area contributed by atoms with E-state index >= 15 is 0 Å². The molecule has 2 nitrogen and oxygen atoms in total. The molecule has 0 bridgehead atoms. The van der Waals surface area contributed by atoms with Gasteiger partial charge in [-0.2, -0.15) is 0 Å². The topological polar surface area (TPSA) is 35.2 Å². The van der Waals surface area contributed by atoms with Crippen LogP contribution < -0.4 is 10.5 Å². The quantitative estimate of drug-likeness (QED) is 0.860. The molecule has 3 heteroatoms. The number of nitrogens with two attached hydrogens (primary N) is 1. The smallest absolute Gasteiger partial charge is 0.133 e. The fourth-order valence-electron chi connectivity index (χ4n) is 1.75. The lowest BCUT2D eigenvalue weighted by Crippen LogP contribution is -2.45. The van der Waals surface area contributed by atoms with Crippen LogP contribution in [-0.2, 0) is 0 Å². The molecular formula is C13H20INO. The summed E-state index contributed by atoms with van der Waals surface area (Å²) in [4.78, 5) is 0. The van der Waals surface area contributed by atoms with Crippen LogP contribution in [0, 0.1) is 8.99 Å². The summed E-state index contributed by atoms with van der Waals surface area (Å²) < 4.78 is 7.16. The molecule has 1 rings (SSSR count). The Labute approximate surface area is 112 Å². The highest BCUT2D eigenvalue weighted by Gasteiger charge is 2.30. The van der Waals surface area contributed by atoms with Gasteiger partial charge in [0, 0.05) is 11.5 Å². The van der Waals surface area contributed by atoms with Gasteiger partial charge < -0.3 is 10.5 Å². The van der Waals surface area contributed by atoms with E-state index in [1.807, 2.05) is 31.2 Å². The Morgan fingerprint density at radius 3 is 2.25 bits per heavy atom. The third-order valence-corrected chi connectivity index (χ3v) is 3.31. The van der Waals surface area contributed by atoms with Gasteiger partial charge in [0.2, 0.25) is 0 Å². The van der Waals surface area contributed by atoms with Crippen LogP contribution in [-0.4, -0.2) is 12.1 Å². The minimum Gasteiger partial charge on any atom is -0.487 e. The number of halogens is 1. The van der Waals surface area contributed by atoms with Crippen LogP contribution >= 0.6 is 22.6 Å². The summed E-state index contributed by atoms with van der Waals surface area (Å²) in [6.07, 6.45) is 0.0171. The van der Waals surface area contributed by atoms with E-state index in [0.717, 1.165) is 9.32 Å². The molecule has 2 N–H and O–H groups in total. The van der Waals surface area contributed by atoms with Crippen LogP contribution in [0.1, 0.15) is 27.7 Å². The lowest BCUT2D eigenvalue weighted by molar-refractivity contribution is 0.0676. The SMILES string of the molecule is CC(N)C(Oc1ccccc1I)C(C)(C)C. The predicted molar refractivity (Wildman–Crippen MR) is 76.7 cm³/mol. The van der Waals surface area contributed by atoms with Gasteiger partial charge in [-0.25, -0.2) is 0 Å². The van der Waals surface area contributed by atoms with E-state index in [1.54, 1.807) is 0 Å². The highest BCUT2D eigenvalue weighted by molar-refractivity contribution is 14.1. The molecule has 0 aliphatic carbocycles. The molecule has 0 spiro atoms. The van der Waals surface area contributed by atoms with Crippen molar-refractivity contribution in [2.45, 2.75) is 39.8 Å². The van der Waals surface area contributed by atoms with Crippen LogP contribution in [0.2, 0.25) is 0 Å². The van der Waals surface area contributed by atoms with Crippen molar-refractivity contribution in [1.82, 2.24) is 0 Å². The zero-order chi connectivity index (χ0) is 12.3. The lowest BCUT2D eigenvalue weighted by Gasteiger charge is -2.34. The highest BCUT2D eigenvalue weighted by atomic mass is 127. The number of benzene rings is 1. The maximum atomic E-state index is 6.04. The van der Waals surface area contributed by atoms with Gasteiger partial charge in [-0.05, 0) is 41.6 Å². The number of rotatable bonds is 3. The Balaban J connectivity index is 2.89. The number of hydrogen-bond donors (Lipinski definition) is 1. The fourth-order valence-corrected chi connectivity index (χ4v) is 2.26. The molecule has 1 aromatic rings. The molecule has 0 radical (unpaired) electrons. The van der Waals surface area contributed by atoms with Crippen molar-refractivity contribution in [2.24, 2.45) is 11.1 Å². The molecule has 90 valence electrons. The number of ether oxygens (including phenoxy) is 1. The molecule has 0 amide bonds. The van der Waals surface area contributed by atoms with Gasteiger partial charge in [0.1, 0.15) is 11.9 Å². The molecule has 16 heavy (non-hydrogen) atoms.